The summed E-state index contributed by atoms with van der Waals surface area (Å²) in [4.78, 5) is 38.4. The van der Waals surface area contributed by atoms with E-state index in [1.54, 1.807) is 58.2 Å². The molecule has 142 valence electrons. The molecule has 1 aliphatic rings. The van der Waals surface area contributed by atoms with E-state index in [0.717, 1.165) is 4.90 Å². The van der Waals surface area contributed by atoms with Crippen LogP contribution in [0.1, 0.15) is 24.0 Å². The average molecular weight is 371 g/mol. The van der Waals surface area contributed by atoms with Gasteiger partial charge < -0.3 is 19.8 Å². The molecule has 1 aromatic heterocycles. The number of hydrogen-bond donors (Lipinski definition) is 2. The number of benzene rings is 1. The largest absolute Gasteiger partial charge is 0.497 e. The van der Waals surface area contributed by atoms with E-state index in [1.165, 1.54) is 0 Å². The molecule has 2 aromatic rings. The third kappa shape index (κ3) is 3.38. The molecule has 3 rings (SSSR count). The second-order valence-electron chi connectivity index (χ2n) is 6.55. The summed E-state index contributed by atoms with van der Waals surface area (Å²) < 4.78 is 10.5. The summed E-state index contributed by atoms with van der Waals surface area (Å²) in [6.45, 7) is 4.71. The van der Waals surface area contributed by atoms with Crippen LogP contribution in [-0.4, -0.2) is 36.4 Å². The van der Waals surface area contributed by atoms with E-state index in [1.807, 2.05) is 0 Å². The summed E-state index contributed by atoms with van der Waals surface area (Å²) in [5, 5.41) is 5.32. The van der Waals surface area contributed by atoms with Gasteiger partial charge in [0.25, 0.3) is 5.91 Å². The lowest BCUT2D eigenvalue weighted by Gasteiger charge is -2.21. The van der Waals surface area contributed by atoms with E-state index in [2.05, 4.69) is 10.6 Å². The topological polar surface area (TPSA) is 101 Å². The first-order valence-electron chi connectivity index (χ1n) is 8.40. The Morgan fingerprint density at radius 2 is 1.93 bits per heavy atom. The van der Waals surface area contributed by atoms with Gasteiger partial charge >= 0.3 is 6.03 Å². The number of hydrogen-bond acceptors (Lipinski definition) is 5. The Labute approximate surface area is 156 Å². The van der Waals surface area contributed by atoms with E-state index in [4.69, 9.17) is 9.15 Å². The van der Waals surface area contributed by atoms with E-state index in [-0.39, 0.29) is 6.54 Å². The maximum atomic E-state index is 12.9. The quantitative estimate of drug-likeness (QED) is 0.786. The van der Waals surface area contributed by atoms with Gasteiger partial charge in [-0.25, -0.2) is 4.79 Å². The van der Waals surface area contributed by atoms with Crippen molar-refractivity contribution >= 4 is 23.5 Å². The molecule has 0 aliphatic carbocycles. The molecule has 0 radical (unpaired) electrons. The van der Waals surface area contributed by atoms with Crippen LogP contribution in [0.4, 0.5) is 10.5 Å². The fourth-order valence-corrected chi connectivity index (χ4v) is 3.17. The number of imide groups is 1. The standard InChI is InChI=1S/C19H21N3O5/c1-11-9-15(12(2)27-11)19(3)17(24)22(18(25)21-19)10-16(23)20-13-5-7-14(26-4)8-6-13/h5-9H,10H2,1-4H3,(H,20,23)(H,21,25). The van der Waals surface area contributed by atoms with Crippen LogP contribution in [-0.2, 0) is 15.1 Å². The van der Waals surface area contributed by atoms with Gasteiger partial charge in [-0.3, -0.25) is 14.5 Å². The first-order chi connectivity index (χ1) is 12.7. The Morgan fingerprint density at radius 1 is 1.26 bits per heavy atom. The number of carbonyl (C=O) groups is 3. The predicted octanol–water partition coefficient (Wildman–Crippen LogP) is 2.31. The van der Waals surface area contributed by atoms with Gasteiger partial charge in [0.1, 0.15) is 29.4 Å². The number of furan rings is 1. The molecule has 2 heterocycles. The van der Waals surface area contributed by atoms with Crippen LogP contribution in [0.3, 0.4) is 0 Å². The maximum Gasteiger partial charge on any atom is 0.325 e. The summed E-state index contributed by atoms with van der Waals surface area (Å²) >= 11 is 0. The number of nitrogens with one attached hydrogen (secondary N) is 2. The Bertz CT molecular complexity index is 903. The number of amides is 4. The lowest BCUT2D eigenvalue weighted by Crippen LogP contribution is -2.42. The van der Waals surface area contributed by atoms with Gasteiger partial charge in [0.2, 0.25) is 5.91 Å². The van der Waals surface area contributed by atoms with E-state index in [0.29, 0.717) is 28.5 Å². The van der Waals surface area contributed by atoms with Crippen molar-refractivity contribution in [2.75, 3.05) is 19.0 Å². The van der Waals surface area contributed by atoms with Crippen LogP contribution < -0.4 is 15.4 Å². The van der Waals surface area contributed by atoms with Gasteiger partial charge in [-0.2, -0.15) is 0 Å². The fourth-order valence-electron chi connectivity index (χ4n) is 3.17. The van der Waals surface area contributed by atoms with Gasteiger partial charge in [0.05, 0.1) is 7.11 Å². The number of anilines is 1. The Balaban J connectivity index is 1.73. The van der Waals surface area contributed by atoms with E-state index in [9.17, 15) is 14.4 Å². The Morgan fingerprint density at radius 3 is 2.48 bits per heavy atom. The average Bonchev–Trinajstić information content (AvgIpc) is 3.07. The molecule has 1 fully saturated rings. The molecular weight excluding hydrogens is 350 g/mol. The number of carbonyl (C=O) groups excluding carboxylic acids is 3. The van der Waals surface area contributed by atoms with Gasteiger partial charge in [0.15, 0.2) is 0 Å². The number of urea groups is 1. The van der Waals surface area contributed by atoms with Crippen molar-refractivity contribution in [2.45, 2.75) is 26.3 Å². The first kappa shape index (κ1) is 18.5. The number of rotatable bonds is 5. The lowest BCUT2D eigenvalue weighted by atomic mass is 9.92. The smallest absolute Gasteiger partial charge is 0.325 e. The molecule has 1 saturated heterocycles. The molecule has 0 spiro atoms. The molecule has 8 nitrogen and oxygen atoms in total. The molecule has 1 unspecified atom stereocenters. The van der Waals surface area contributed by atoms with Gasteiger partial charge in [-0.05, 0) is 51.1 Å². The third-order valence-corrected chi connectivity index (χ3v) is 4.53. The molecule has 1 aromatic carbocycles. The van der Waals surface area contributed by atoms with E-state index < -0.39 is 23.4 Å². The van der Waals surface area contributed by atoms with Gasteiger partial charge in [-0.15, -0.1) is 0 Å². The second kappa shape index (κ2) is 6.79. The highest BCUT2D eigenvalue weighted by atomic mass is 16.5. The zero-order valence-electron chi connectivity index (χ0n) is 15.6. The van der Waals surface area contributed by atoms with Gasteiger partial charge in [0, 0.05) is 11.3 Å². The minimum absolute atomic E-state index is 0.387. The molecule has 0 saturated carbocycles. The van der Waals surface area contributed by atoms with Crippen molar-refractivity contribution in [1.29, 1.82) is 0 Å². The zero-order chi connectivity index (χ0) is 19.8. The molecule has 4 amide bonds. The molecule has 2 N–H and O–H groups in total. The highest BCUT2D eigenvalue weighted by molar-refractivity contribution is 6.10. The number of aryl methyl sites for hydroxylation is 2. The number of nitrogens with zero attached hydrogens (tertiary/aromatic N) is 1. The minimum atomic E-state index is -1.26. The third-order valence-electron chi connectivity index (χ3n) is 4.53. The maximum absolute atomic E-state index is 12.9. The summed E-state index contributed by atoms with van der Waals surface area (Å²) in [7, 11) is 1.55. The van der Waals surface area contributed by atoms with Crippen LogP contribution in [0.25, 0.3) is 0 Å². The summed E-state index contributed by atoms with van der Waals surface area (Å²) in [5.41, 5.74) is -0.146. The highest BCUT2D eigenvalue weighted by Crippen LogP contribution is 2.32. The van der Waals surface area contributed by atoms with Crippen molar-refractivity contribution in [3.63, 3.8) is 0 Å². The van der Waals surface area contributed by atoms with Crippen molar-refractivity contribution in [3.8, 4) is 5.75 Å². The summed E-state index contributed by atoms with van der Waals surface area (Å²) in [5.74, 6) is 0.868. The summed E-state index contributed by atoms with van der Waals surface area (Å²) in [6, 6.07) is 7.84. The predicted molar refractivity (Wildman–Crippen MR) is 97.4 cm³/mol. The first-order valence-corrected chi connectivity index (χ1v) is 8.40. The van der Waals surface area contributed by atoms with Crippen LogP contribution in [0.15, 0.2) is 34.7 Å². The highest BCUT2D eigenvalue weighted by Gasteiger charge is 2.51. The molecular formula is C19H21N3O5. The Hall–Kier alpha value is -3.29. The van der Waals surface area contributed by atoms with Crippen LogP contribution in [0.2, 0.25) is 0 Å². The molecule has 8 heteroatoms. The van der Waals surface area contributed by atoms with Gasteiger partial charge in [-0.1, -0.05) is 0 Å². The Kier molecular flexibility index (Phi) is 4.65. The summed E-state index contributed by atoms with van der Waals surface area (Å²) in [6.07, 6.45) is 0. The number of ether oxygens (including phenoxy) is 1. The molecule has 0 bridgehead atoms. The van der Waals surface area contributed by atoms with Crippen molar-refractivity contribution < 1.29 is 23.5 Å². The SMILES string of the molecule is COc1ccc(NC(=O)CN2C(=O)NC(C)(c3cc(C)oc3C)C2=O)cc1. The molecule has 1 atom stereocenters. The minimum Gasteiger partial charge on any atom is -0.497 e. The lowest BCUT2D eigenvalue weighted by molar-refractivity contribution is -0.133. The van der Waals surface area contributed by atoms with E-state index >= 15 is 0 Å². The van der Waals surface area contributed by atoms with Crippen molar-refractivity contribution in [2.24, 2.45) is 0 Å². The molecule has 27 heavy (non-hydrogen) atoms. The van der Waals surface area contributed by atoms with Crippen LogP contribution in [0, 0.1) is 13.8 Å². The zero-order valence-corrected chi connectivity index (χ0v) is 15.6. The molecule has 1 aliphatic heterocycles. The van der Waals surface area contributed by atoms with Crippen molar-refractivity contribution in [3.05, 3.63) is 47.4 Å². The monoisotopic (exact) mass is 371 g/mol. The second-order valence-corrected chi connectivity index (χ2v) is 6.55. The number of methoxy groups -OCH3 is 1. The normalized spacial score (nSPS) is 19.2. The van der Waals surface area contributed by atoms with Crippen LogP contribution >= 0.6 is 0 Å². The van der Waals surface area contributed by atoms with Crippen molar-refractivity contribution in [1.82, 2.24) is 10.2 Å². The fraction of sp³-hybridized carbons (Fsp3) is 0.316. The van der Waals surface area contributed by atoms with Crippen LogP contribution in [0.5, 0.6) is 5.75 Å².